The van der Waals surface area contributed by atoms with Gasteiger partial charge in [0.1, 0.15) is 0 Å². The molecule has 0 saturated carbocycles. The van der Waals surface area contributed by atoms with Crippen LogP contribution in [0.2, 0.25) is 0 Å². The molecule has 0 bridgehead atoms. The number of aromatic nitrogens is 2. The topological polar surface area (TPSA) is 29.9 Å². The van der Waals surface area contributed by atoms with Gasteiger partial charge in [0.05, 0.1) is 5.69 Å². The van der Waals surface area contributed by atoms with Crippen molar-refractivity contribution in [2.24, 2.45) is 13.0 Å². The van der Waals surface area contributed by atoms with Gasteiger partial charge in [-0.05, 0) is 31.4 Å². The summed E-state index contributed by atoms with van der Waals surface area (Å²) >= 11 is 0. The first-order valence-corrected chi connectivity index (χ1v) is 5.86. The van der Waals surface area contributed by atoms with Crippen LogP contribution in [0.3, 0.4) is 0 Å². The number of rotatable bonds is 3. The molecule has 0 aromatic carbocycles. The predicted molar refractivity (Wildman–Crippen MR) is 61.7 cm³/mol. The smallest absolute Gasteiger partial charge is 0.0642 e. The summed E-state index contributed by atoms with van der Waals surface area (Å²) in [5.74, 6) is 0.669. The van der Waals surface area contributed by atoms with Gasteiger partial charge in [0.2, 0.25) is 0 Å². The fraction of sp³-hybridized carbons (Fsp3) is 0.750. The molecule has 2 rings (SSSR count). The Morgan fingerprint density at radius 3 is 2.87 bits per heavy atom. The van der Waals surface area contributed by atoms with Crippen molar-refractivity contribution in [3.05, 3.63) is 18.0 Å². The minimum Gasteiger partial charge on any atom is -0.311 e. The molecule has 3 nitrogen and oxygen atoms in total. The summed E-state index contributed by atoms with van der Waals surface area (Å²) < 4.78 is 1.89. The van der Waals surface area contributed by atoms with Crippen molar-refractivity contribution in [3.63, 3.8) is 0 Å². The second-order valence-corrected chi connectivity index (χ2v) is 5.00. The van der Waals surface area contributed by atoms with Gasteiger partial charge in [-0.2, -0.15) is 5.10 Å². The minimum absolute atomic E-state index is 0.286. The Kier molecular flexibility index (Phi) is 2.83. The zero-order valence-corrected chi connectivity index (χ0v) is 9.95. The molecule has 0 amide bonds. The van der Waals surface area contributed by atoms with E-state index >= 15 is 0 Å². The third-order valence-corrected chi connectivity index (χ3v) is 3.65. The monoisotopic (exact) mass is 207 g/mol. The number of nitrogens with zero attached hydrogens (tertiary/aromatic N) is 2. The molecule has 1 aromatic rings. The van der Waals surface area contributed by atoms with Crippen LogP contribution in [0.4, 0.5) is 0 Å². The van der Waals surface area contributed by atoms with Crippen molar-refractivity contribution in [2.45, 2.75) is 38.6 Å². The average molecular weight is 207 g/mol. The highest BCUT2D eigenvalue weighted by Crippen LogP contribution is 2.30. The third kappa shape index (κ3) is 2.07. The molecule has 3 heteroatoms. The van der Waals surface area contributed by atoms with Gasteiger partial charge in [0, 0.05) is 25.2 Å². The number of aryl methyl sites for hydroxylation is 1. The summed E-state index contributed by atoms with van der Waals surface area (Å²) in [6.45, 7) is 5.77. The number of hydrogen-bond acceptors (Lipinski definition) is 2. The molecule has 15 heavy (non-hydrogen) atoms. The van der Waals surface area contributed by atoms with Gasteiger partial charge in [0.25, 0.3) is 0 Å². The van der Waals surface area contributed by atoms with Gasteiger partial charge in [0.15, 0.2) is 0 Å². The van der Waals surface area contributed by atoms with Crippen LogP contribution >= 0.6 is 0 Å². The van der Waals surface area contributed by atoms with Crippen LogP contribution in [0.5, 0.6) is 0 Å². The van der Waals surface area contributed by atoms with Crippen LogP contribution in [0.25, 0.3) is 0 Å². The van der Waals surface area contributed by atoms with Crippen LogP contribution in [-0.2, 0) is 13.5 Å². The van der Waals surface area contributed by atoms with E-state index in [-0.39, 0.29) is 5.54 Å². The maximum Gasteiger partial charge on any atom is 0.0642 e. The quantitative estimate of drug-likeness (QED) is 0.818. The highest BCUT2D eigenvalue weighted by atomic mass is 15.2. The fourth-order valence-corrected chi connectivity index (χ4v) is 2.56. The lowest BCUT2D eigenvalue weighted by molar-refractivity contribution is 0.266. The van der Waals surface area contributed by atoms with Gasteiger partial charge in [-0.25, -0.2) is 0 Å². The lowest BCUT2D eigenvalue weighted by Gasteiger charge is -2.33. The Morgan fingerprint density at radius 2 is 2.40 bits per heavy atom. The molecule has 0 radical (unpaired) electrons. The van der Waals surface area contributed by atoms with E-state index in [4.69, 9.17) is 0 Å². The molecule has 1 N–H and O–H groups in total. The molecule has 1 aliphatic heterocycles. The molecule has 1 aromatic heterocycles. The van der Waals surface area contributed by atoms with Crippen molar-refractivity contribution in [3.8, 4) is 0 Å². The van der Waals surface area contributed by atoms with Gasteiger partial charge >= 0.3 is 0 Å². The van der Waals surface area contributed by atoms with E-state index in [2.05, 4.69) is 30.3 Å². The zero-order chi connectivity index (χ0) is 10.9. The third-order valence-electron chi connectivity index (χ3n) is 3.65. The Morgan fingerprint density at radius 1 is 1.60 bits per heavy atom. The van der Waals surface area contributed by atoms with E-state index in [1.807, 2.05) is 17.9 Å². The lowest BCUT2D eigenvalue weighted by atomic mass is 9.81. The van der Waals surface area contributed by atoms with Gasteiger partial charge in [-0.15, -0.1) is 0 Å². The van der Waals surface area contributed by atoms with E-state index in [1.165, 1.54) is 18.5 Å². The molecule has 0 aliphatic carbocycles. The molecule has 84 valence electrons. The summed E-state index contributed by atoms with van der Waals surface area (Å²) in [6.07, 6.45) is 5.66. The van der Waals surface area contributed by atoms with E-state index in [0.717, 1.165) is 13.0 Å². The molecule has 1 fully saturated rings. The Bertz CT molecular complexity index is 321. The second kappa shape index (κ2) is 3.97. The van der Waals surface area contributed by atoms with Crippen LogP contribution in [0.1, 0.15) is 32.4 Å². The highest BCUT2D eigenvalue weighted by molar-refractivity contribution is 5.09. The zero-order valence-electron chi connectivity index (χ0n) is 9.95. The van der Waals surface area contributed by atoms with Crippen LogP contribution in [0.15, 0.2) is 12.3 Å². The Balaban J connectivity index is 2.13. The molecule has 1 saturated heterocycles. The normalized spacial score (nSPS) is 26.4. The van der Waals surface area contributed by atoms with Crippen molar-refractivity contribution < 1.29 is 0 Å². The largest absolute Gasteiger partial charge is 0.311 e. The standard InChI is InChI=1S/C12H21N3/c1-10(2)12(6-4-7-13-12)9-11-5-8-15(3)14-11/h5,8,10,13H,4,6-7,9H2,1-3H3. The van der Waals surface area contributed by atoms with Gasteiger partial charge in [-0.1, -0.05) is 13.8 Å². The number of hydrogen-bond donors (Lipinski definition) is 1. The molecule has 1 aliphatic rings. The van der Waals surface area contributed by atoms with Crippen LogP contribution in [0, 0.1) is 5.92 Å². The summed E-state index contributed by atoms with van der Waals surface area (Å²) in [5, 5.41) is 8.16. The van der Waals surface area contributed by atoms with Crippen LogP contribution in [-0.4, -0.2) is 21.9 Å². The Labute approximate surface area is 91.9 Å². The Hall–Kier alpha value is -0.830. The summed E-state index contributed by atoms with van der Waals surface area (Å²) in [5.41, 5.74) is 1.49. The van der Waals surface area contributed by atoms with E-state index < -0.39 is 0 Å². The summed E-state index contributed by atoms with van der Waals surface area (Å²) in [7, 11) is 1.98. The van der Waals surface area contributed by atoms with Crippen molar-refractivity contribution in [1.82, 2.24) is 15.1 Å². The first-order chi connectivity index (χ1) is 7.12. The first kappa shape index (κ1) is 10.7. The van der Waals surface area contributed by atoms with E-state index in [9.17, 15) is 0 Å². The highest BCUT2D eigenvalue weighted by Gasteiger charge is 2.36. The molecule has 1 atom stereocenters. The van der Waals surface area contributed by atoms with Crippen LogP contribution < -0.4 is 5.32 Å². The summed E-state index contributed by atoms with van der Waals surface area (Å²) in [4.78, 5) is 0. The van der Waals surface area contributed by atoms with Gasteiger partial charge < -0.3 is 5.32 Å². The van der Waals surface area contributed by atoms with E-state index in [1.54, 1.807) is 0 Å². The second-order valence-electron chi connectivity index (χ2n) is 5.00. The minimum atomic E-state index is 0.286. The molecule has 1 unspecified atom stereocenters. The maximum absolute atomic E-state index is 4.48. The van der Waals surface area contributed by atoms with Crippen molar-refractivity contribution in [1.29, 1.82) is 0 Å². The first-order valence-electron chi connectivity index (χ1n) is 5.86. The lowest BCUT2D eigenvalue weighted by Crippen LogP contribution is -2.46. The maximum atomic E-state index is 4.48. The van der Waals surface area contributed by atoms with Crippen molar-refractivity contribution in [2.75, 3.05) is 6.54 Å². The molecular weight excluding hydrogens is 186 g/mol. The van der Waals surface area contributed by atoms with Gasteiger partial charge in [-0.3, -0.25) is 4.68 Å². The average Bonchev–Trinajstić information content (AvgIpc) is 2.77. The summed E-state index contributed by atoms with van der Waals surface area (Å²) in [6, 6.07) is 2.13. The molecule has 0 spiro atoms. The van der Waals surface area contributed by atoms with Crippen molar-refractivity contribution >= 4 is 0 Å². The molecular formula is C12H21N3. The molecule has 2 heterocycles. The SMILES string of the molecule is CC(C)C1(Cc2ccn(C)n2)CCCN1. The predicted octanol–water partition coefficient (Wildman–Crippen LogP) is 1.74. The number of nitrogens with one attached hydrogen (secondary N) is 1. The fourth-order valence-electron chi connectivity index (χ4n) is 2.56. The van der Waals surface area contributed by atoms with E-state index in [0.29, 0.717) is 5.92 Å².